The summed E-state index contributed by atoms with van der Waals surface area (Å²) in [7, 11) is 0. The molecule has 0 nitrogen and oxygen atoms in total. The second-order valence-electron chi connectivity index (χ2n) is 5.92. The van der Waals surface area contributed by atoms with Gasteiger partial charge >= 0.3 is 0 Å². The number of hydrogen-bond donors (Lipinski definition) is 0. The standard InChI is InChI=1S/C19H23/c1-12(2)19-15(5)7-8-18(16(19)6)17-10-13(3)9-14(4)11-17/h7,9-12H,1-6H3. The minimum Gasteiger partial charge on any atom is -0.0587 e. The Labute approximate surface area is 117 Å². The summed E-state index contributed by atoms with van der Waals surface area (Å²) in [6, 6.07) is 12.3. The van der Waals surface area contributed by atoms with E-state index in [-0.39, 0.29) is 0 Å². The zero-order valence-corrected chi connectivity index (χ0v) is 12.9. The molecule has 1 radical (unpaired) electrons. The highest BCUT2D eigenvalue weighted by atomic mass is 14.2. The molecule has 0 saturated carbocycles. The van der Waals surface area contributed by atoms with Crippen LogP contribution in [0.25, 0.3) is 11.1 Å². The molecule has 0 aliphatic rings. The molecule has 0 saturated heterocycles. The highest BCUT2D eigenvalue weighted by Crippen LogP contribution is 2.32. The Hall–Kier alpha value is -1.56. The minimum atomic E-state index is 0.555. The molecule has 0 aliphatic heterocycles. The third-order valence-electron chi connectivity index (χ3n) is 3.72. The Bertz CT molecular complexity index is 583. The lowest BCUT2D eigenvalue weighted by atomic mass is 9.87. The van der Waals surface area contributed by atoms with E-state index in [1.54, 1.807) is 0 Å². The number of aryl methyl sites for hydroxylation is 3. The molecule has 0 amide bonds. The van der Waals surface area contributed by atoms with Crippen LogP contribution in [-0.4, -0.2) is 0 Å². The van der Waals surface area contributed by atoms with Gasteiger partial charge in [0, 0.05) is 0 Å². The molecule has 0 bridgehead atoms. The van der Waals surface area contributed by atoms with Crippen molar-refractivity contribution < 1.29 is 0 Å². The largest absolute Gasteiger partial charge is 0.0587 e. The van der Waals surface area contributed by atoms with E-state index < -0.39 is 0 Å². The molecular formula is C19H23. The first-order valence-corrected chi connectivity index (χ1v) is 7.00. The molecule has 2 aromatic carbocycles. The molecule has 0 heteroatoms. The van der Waals surface area contributed by atoms with Crippen molar-refractivity contribution in [3.63, 3.8) is 0 Å². The Morgan fingerprint density at radius 1 is 0.895 bits per heavy atom. The fourth-order valence-electron chi connectivity index (χ4n) is 3.10. The molecule has 2 rings (SSSR count). The van der Waals surface area contributed by atoms with Crippen LogP contribution in [-0.2, 0) is 0 Å². The van der Waals surface area contributed by atoms with Crippen molar-refractivity contribution in [2.75, 3.05) is 0 Å². The highest BCUT2D eigenvalue weighted by Gasteiger charge is 2.12. The van der Waals surface area contributed by atoms with Gasteiger partial charge in [-0.1, -0.05) is 49.2 Å². The lowest BCUT2D eigenvalue weighted by Gasteiger charge is -2.17. The van der Waals surface area contributed by atoms with E-state index in [1.807, 2.05) is 0 Å². The quantitative estimate of drug-likeness (QED) is 0.660. The van der Waals surface area contributed by atoms with E-state index in [0.717, 1.165) is 0 Å². The summed E-state index contributed by atoms with van der Waals surface area (Å²) < 4.78 is 0. The summed E-state index contributed by atoms with van der Waals surface area (Å²) in [6.45, 7) is 13.3. The van der Waals surface area contributed by atoms with Crippen molar-refractivity contribution >= 4 is 0 Å². The van der Waals surface area contributed by atoms with Crippen LogP contribution < -0.4 is 0 Å². The Kier molecular flexibility index (Phi) is 3.80. The molecular weight excluding hydrogens is 228 g/mol. The van der Waals surface area contributed by atoms with Gasteiger partial charge in [-0.3, -0.25) is 0 Å². The maximum absolute atomic E-state index is 3.47. The van der Waals surface area contributed by atoms with Gasteiger partial charge in [0.2, 0.25) is 0 Å². The van der Waals surface area contributed by atoms with E-state index in [0.29, 0.717) is 5.92 Å². The average Bonchev–Trinajstić information content (AvgIpc) is 2.26. The molecule has 0 fully saturated rings. The van der Waals surface area contributed by atoms with Crippen LogP contribution in [0.1, 0.15) is 47.6 Å². The minimum absolute atomic E-state index is 0.555. The molecule has 0 aliphatic carbocycles. The highest BCUT2D eigenvalue weighted by molar-refractivity contribution is 5.70. The number of rotatable bonds is 2. The van der Waals surface area contributed by atoms with Crippen molar-refractivity contribution in [3.05, 3.63) is 58.1 Å². The summed E-state index contributed by atoms with van der Waals surface area (Å²) in [5.74, 6) is 0.555. The van der Waals surface area contributed by atoms with E-state index in [9.17, 15) is 0 Å². The summed E-state index contributed by atoms with van der Waals surface area (Å²) in [6.07, 6.45) is 0. The number of hydrogen-bond acceptors (Lipinski definition) is 0. The first-order valence-electron chi connectivity index (χ1n) is 7.00. The van der Waals surface area contributed by atoms with Crippen LogP contribution in [0.5, 0.6) is 0 Å². The van der Waals surface area contributed by atoms with Crippen LogP contribution in [0.15, 0.2) is 24.3 Å². The molecule has 0 N–H and O–H groups in total. The van der Waals surface area contributed by atoms with Gasteiger partial charge in [-0.05, 0) is 67.5 Å². The number of benzene rings is 2. The van der Waals surface area contributed by atoms with Gasteiger partial charge in [-0.25, -0.2) is 0 Å². The van der Waals surface area contributed by atoms with Gasteiger partial charge in [0.1, 0.15) is 0 Å². The van der Waals surface area contributed by atoms with Crippen LogP contribution in [0, 0.1) is 33.8 Å². The van der Waals surface area contributed by atoms with E-state index in [1.165, 1.54) is 38.9 Å². The van der Waals surface area contributed by atoms with Gasteiger partial charge in [0.05, 0.1) is 0 Å². The third kappa shape index (κ3) is 2.73. The summed E-state index contributed by atoms with van der Waals surface area (Å²) >= 11 is 0. The van der Waals surface area contributed by atoms with Gasteiger partial charge in [-0.15, -0.1) is 0 Å². The predicted molar refractivity (Wildman–Crippen MR) is 83.8 cm³/mol. The van der Waals surface area contributed by atoms with Gasteiger partial charge in [0.25, 0.3) is 0 Å². The lowest BCUT2D eigenvalue weighted by Crippen LogP contribution is -1.99. The van der Waals surface area contributed by atoms with E-state index in [2.05, 4.69) is 71.9 Å². The van der Waals surface area contributed by atoms with E-state index in [4.69, 9.17) is 0 Å². The first kappa shape index (κ1) is 13.9. The molecule has 19 heavy (non-hydrogen) atoms. The van der Waals surface area contributed by atoms with Crippen LogP contribution >= 0.6 is 0 Å². The average molecular weight is 251 g/mol. The maximum atomic E-state index is 3.47. The van der Waals surface area contributed by atoms with Crippen molar-refractivity contribution in [1.29, 1.82) is 0 Å². The van der Waals surface area contributed by atoms with Gasteiger partial charge in [0.15, 0.2) is 0 Å². The zero-order valence-electron chi connectivity index (χ0n) is 12.9. The molecule has 99 valence electrons. The molecule has 0 unspecified atom stereocenters. The van der Waals surface area contributed by atoms with Crippen molar-refractivity contribution in [1.82, 2.24) is 0 Å². The smallest absolute Gasteiger partial charge is 0.00727 e. The summed E-state index contributed by atoms with van der Waals surface area (Å²) in [4.78, 5) is 0. The van der Waals surface area contributed by atoms with Crippen molar-refractivity contribution in [2.45, 2.75) is 47.5 Å². The molecule has 0 heterocycles. The third-order valence-corrected chi connectivity index (χ3v) is 3.72. The lowest BCUT2D eigenvalue weighted by molar-refractivity contribution is 0.846. The molecule has 0 atom stereocenters. The fourth-order valence-corrected chi connectivity index (χ4v) is 3.10. The molecule has 0 aromatic heterocycles. The summed E-state index contributed by atoms with van der Waals surface area (Å²) in [5, 5.41) is 0. The topological polar surface area (TPSA) is 0 Å². The van der Waals surface area contributed by atoms with Crippen LogP contribution in [0.2, 0.25) is 0 Å². The Morgan fingerprint density at radius 3 is 2.00 bits per heavy atom. The Balaban J connectivity index is 2.66. The molecule has 0 spiro atoms. The van der Waals surface area contributed by atoms with Crippen LogP contribution in [0.4, 0.5) is 0 Å². The zero-order chi connectivity index (χ0) is 14.2. The Morgan fingerprint density at radius 2 is 1.47 bits per heavy atom. The summed E-state index contributed by atoms with van der Waals surface area (Å²) in [5.41, 5.74) is 9.36. The predicted octanol–water partition coefficient (Wildman–Crippen LogP) is 5.51. The second-order valence-corrected chi connectivity index (χ2v) is 5.92. The van der Waals surface area contributed by atoms with E-state index >= 15 is 0 Å². The van der Waals surface area contributed by atoms with Gasteiger partial charge in [-0.2, -0.15) is 0 Å². The molecule has 2 aromatic rings. The van der Waals surface area contributed by atoms with Crippen molar-refractivity contribution in [2.24, 2.45) is 0 Å². The monoisotopic (exact) mass is 251 g/mol. The fraction of sp³-hybridized carbons (Fsp3) is 0.368. The first-order chi connectivity index (χ1) is 8.90. The van der Waals surface area contributed by atoms with Crippen molar-refractivity contribution in [3.8, 4) is 11.1 Å². The van der Waals surface area contributed by atoms with Gasteiger partial charge < -0.3 is 0 Å². The second kappa shape index (κ2) is 5.21. The normalized spacial score (nSPS) is 11.1. The van der Waals surface area contributed by atoms with Crippen LogP contribution in [0.3, 0.4) is 0 Å². The maximum Gasteiger partial charge on any atom is -0.00727 e. The SMILES string of the molecule is Cc1cc(C)cc(-c2[c]cc(C)c(C(C)C)c2C)c1.